The third-order valence-electron chi connectivity index (χ3n) is 3.51. The van der Waals surface area contributed by atoms with Gasteiger partial charge in [-0.3, -0.25) is 9.59 Å². The third-order valence-corrected chi connectivity index (χ3v) is 3.51. The number of aromatic nitrogens is 3. The van der Waals surface area contributed by atoms with Crippen LogP contribution in [0.25, 0.3) is 5.52 Å². The number of benzene rings is 1. The number of amides is 1. The van der Waals surface area contributed by atoms with Crippen LogP contribution >= 0.6 is 0 Å². The van der Waals surface area contributed by atoms with Crippen molar-refractivity contribution in [2.24, 2.45) is 0 Å². The maximum Gasteiger partial charge on any atom is 0.238 e. The number of nitrogens with one attached hydrogen (secondary N) is 2. The van der Waals surface area contributed by atoms with Gasteiger partial charge < -0.3 is 10.5 Å². The van der Waals surface area contributed by atoms with Crippen molar-refractivity contribution in [1.82, 2.24) is 19.8 Å². The van der Waals surface area contributed by atoms with E-state index in [1.807, 2.05) is 20.8 Å². The molecule has 2 radical (unpaired) electrons. The molecule has 2 N–H and O–H groups in total. The fourth-order valence-electron chi connectivity index (χ4n) is 2.35. The molecule has 0 saturated heterocycles. The highest BCUT2D eigenvalue weighted by Crippen LogP contribution is 2.24. The molecule has 126 valence electrons. The molecule has 3 aromatic rings. The second kappa shape index (κ2) is 8.10. The molecule has 0 unspecified atom stereocenters. The first-order valence-corrected chi connectivity index (χ1v) is 7.80. The molecule has 1 amide bonds. The lowest BCUT2D eigenvalue weighted by Crippen LogP contribution is -2.19. The summed E-state index contributed by atoms with van der Waals surface area (Å²) in [7, 11) is 5.14. The minimum atomic E-state index is -0.386. The van der Waals surface area contributed by atoms with Crippen LogP contribution in [0.15, 0.2) is 36.8 Å². The minimum absolute atomic E-state index is 0.386. The van der Waals surface area contributed by atoms with Crippen molar-refractivity contribution in [3.8, 4) is 0 Å². The van der Waals surface area contributed by atoms with Gasteiger partial charge in [-0.25, -0.2) is 9.50 Å². The van der Waals surface area contributed by atoms with E-state index in [-0.39, 0.29) is 5.91 Å². The van der Waals surface area contributed by atoms with Gasteiger partial charge in [0.15, 0.2) is 12.1 Å². The Hall–Kier alpha value is -3.16. The lowest BCUT2D eigenvalue weighted by molar-refractivity contribution is 0.0981. The molecule has 0 atom stereocenters. The standard InChI is InChI=1S/C15H12BN5O2.C2H6/c1-9-11(7-22)6-21-13(9)14(17-8-18-21)19-12-4-2-3-10(5-12)15(23)20-16;1-2/h2-8H,1H3,(H,20,23)(H,17,18,19);1-2H3. The Kier molecular flexibility index (Phi) is 5.89. The maximum atomic E-state index is 11.6. The van der Waals surface area contributed by atoms with Gasteiger partial charge in [0, 0.05) is 23.0 Å². The second-order valence-corrected chi connectivity index (χ2v) is 4.91. The van der Waals surface area contributed by atoms with Crippen LogP contribution in [0.3, 0.4) is 0 Å². The van der Waals surface area contributed by atoms with E-state index in [1.54, 1.807) is 35.0 Å². The SMILES string of the molecule is CC.[B]NC(=O)c1cccc(Nc2ncnn3cc(C=O)c(C)c23)c1. The summed E-state index contributed by atoms with van der Waals surface area (Å²) in [6, 6.07) is 6.83. The first-order chi connectivity index (χ1) is 12.1. The summed E-state index contributed by atoms with van der Waals surface area (Å²) in [4.78, 5) is 26.9. The van der Waals surface area contributed by atoms with Crippen molar-refractivity contribution in [3.05, 3.63) is 53.5 Å². The van der Waals surface area contributed by atoms with E-state index < -0.39 is 0 Å². The van der Waals surface area contributed by atoms with Crippen molar-refractivity contribution in [2.45, 2.75) is 20.8 Å². The molecule has 7 nitrogen and oxygen atoms in total. The first kappa shape index (κ1) is 18.2. The smallest absolute Gasteiger partial charge is 0.238 e. The summed E-state index contributed by atoms with van der Waals surface area (Å²) < 4.78 is 1.59. The number of rotatable bonds is 4. The third kappa shape index (κ3) is 3.68. The number of carbonyl (C=O) groups excluding carboxylic acids is 2. The zero-order valence-electron chi connectivity index (χ0n) is 14.3. The fraction of sp³-hybridized carbons (Fsp3) is 0.176. The summed E-state index contributed by atoms with van der Waals surface area (Å²) in [5.41, 5.74) is 3.11. The van der Waals surface area contributed by atoms with Crippen molar-refractivity contribution >= 4 is 37.2 Å². The molecule has 2 aromatic heterocycles. The predicted molar refractivity (Wildman–Crippen MR) is 97.4 cm³/mol. The fourth-order valence-corrected chi connectivity index (χ4v) is 2.35. The lowest BCUT2D eigenvalue weighted by Gasteiger charge is -2.09. The number of carbonyl (C=O) groups is 2. The number of nitrogens with zero attached hydrogens (tertiary/aromatic N) is 3. The number of anilines is 2. The summed E-state index contributed by atoms with van der Waals surface area (Å²) in [5, 5.41) is 9.32. The molecule has 0 aliphatic carbocycles. The average Bonchev–Trinajstić information content (AvgIpc) is 3.00. The van der Waals surface area contributed by atoms with E-state index in [0.29, 0.717) is 28.1 Å². The Labute approximate surface area is 146 Å². The van der Waals surface area contributed by atoms with Gasteiger partial charge in [-0.2, -0.15) is 5.10 Å². The number of hydrogen-bond acceptors (Lipinski definition) is 5. The lowest BCUT2D eigenvalue weighted by atomic mass is 10.1. The van der Waals surface area contributed by atoms with Crippen LogP contribution in [-0.4, -0.2) is 34.8 Å². The maximum absolute atomic E-state index is 11.6. The van der Waals surface area contributed by atoms with Crippen LogP contribution in [0.2, 0.25) is 0 Å². The average molecular weight is 335 g/mol. The van der Waals surface area contributed by atoms with Crippen LogP contribution in [0.5, 0.6) is 0 Å². The highest BCUT2D eigenvalue weighted by atomic mass is 16.1. The van der Waals surface area contributed by atoms with Crippen molar-refractivity contribution in [2.75, 3.05) is 5.32 Å². The molecule has 1 aromatic carbocycles. The van der Waals surface area contributed by atoms with E-state index in [1.165, 1.54) is 6.33 Å². The van der Waals surface area contributed by atoms with Crippen LogP contribution < -0.4 is 10.5 Å². The molecule has 0 aliphatic rings. The van der Waals surface area contributed by atoms with E-state index in [9.17, 15) is 9.59 Å². The Balaban J connectivity index is 0.00000109. The molecular formula is C17H18BN5O2. The van der Waals surface area contributed by atoms with Crippen molar-refractivity contribution in [3.63, 3.8) is 0 Å². The van der Waals surface area contributed by atoms with Crippen LogP contribution in [-0.2, 0) is 0 Å². The zero-order chi connectivity index (χ0) is 18.4. The first-order valence-electron chi connectivity index (χ1n) is 7.80. The number of aldehydes is 1. The summed E-state index contributed by atoms with van der Waals surface area (Å²) in [6.45, 7) is 5.83. The molecule has 2 heterocycles. The molecule has 0 spiro atoms. The highest BCUT2D eigenvalue weighted by Gasteiger charge is 2.13. The molecular weight excluding hydrogens is 317 g/mol. The largest absolute Gasteiger partial charge is 0.405 e. The molecule has 0 bridgehead atoms. The molecule has 25 heavy (non-hydrogen) atoms. The van der Waals surface area contributed by atoms with Gasteiger partial charge in [-0.15, -0.1) is 0 Å². The van der Waals surface area contributed by atoms with E-state index in [4.69, 9.17) is 7.98 Å². The van der Waals surface area contributed by atoms with Gasteiger partial charge in [0.1, 0.15) is 11.8 Å². The Morgan fingerprint density at radius 1 is 1.32 bits per heavy atom. The van der Waals surface area contributed by atoms with Crippen LogP contribution in [0.4, 0.5) is 11.5 Å². The van der Waals surface area contributed by atoms with Gasteiger partial charge in [-0.05, 0) is 30.7 Å². The van der Waals surface area contributed by atoms with Gasteiger partial charge >= 0.3 is 0 Å². The van der Waals surface area contributed by atoms with Crippen LogP contribution in [0, 0.1) is 6.92 Å². The predicted octanol–water partition coefficient (Wildman–Crippen LogP) is 2.43. The zero-order valence-corrected chi connectivity index (χ0v) is 14.3. The van der Waals surface area contributed by atoms with E-state index in [2.05, 4.69) is 20.6 Å². The van der Waals surface area contributed by atoms with Gasteiger partial charge in [0.2, 0.25) is 13.9 Å². The van der Waals surface area contributed by atoms with Gasteiger partial charge in [-0.1, -0.05) is 19.9 Å². The second-order valence-electron chi connectivity index (χ2n) is 4.91. The topological polar surface area (TPSA) is 88.4 Å². The molecule has 8 heteroatoms. The van der Waals surface area contributed by atoms with Crippen molar-refractivity contribution < 1.29 is 9.59 Å². The normalized spacial score (nSPS) is 9.88. The Morgan fingerprint density at radius 2 is 2.08 bits per heavy atom. The molecule has 0 fully saturated rings. The minimum Gasteiger partial charge on any atom is -0.405 e. The quantitative estimate of drug-likeness (QED) is 0.565. The van der Waals surface area contributed by atoms with Crippen LogP contribution in [0.1, 0.15) is 40.1 Å². The Bertz CT molecular complexity index is 907. The molecule has 0 aliphatic heterocycles. The number of fused-ring (bicyclic) bond motifs is 1. The highest BCUT2D eigenvalue weighted by molar-refractivity contribution is 6.18. The van der Waals surface area contributed by atoms with E-state index >= 15 is 0 Å². The summed E-state index contributed by atoms with van der Waals surface area (Å²) >= 11 is 0. The number of aryl methyl sites for hydroxylation is 1. The summed E-state index contributed by atoms with van der Waals surface area (Å²) in [6.07, 6.45) is 3.81. The summed E-state index contributed by atoms with van der Waals surface area (Å²) in [5.74, 6) is 0.152. The number of hydrogen-bond donors (Lipinski definition) is 2. The van der Waals surface area contributed by atoms with Gasteiger partial charge in [0.05, 0.1) is 0 Å². The van der Waals surface area contributed by atoms with Crippen molar-refractivity contribution in [1.29, 1.82) is 0 Å². The van der Waals surface area contributed by atoms with E-state index in [0.717, 1.165) is 11.8 Å². The Morgan fingerprint density at radius 3 is 2.76 bits per heavy atom. The molecule has 3 rings (SSSR count). The van der Waals surface area contributed by atoms with Gasteiger partial charge in [0.25, 0.3) is 0 Å². The monoisotopic (exact) mass is 335 g/mol. The molecule has 0 saturated carbocycles.